The van der Waals surface area contributed by atoms with Crippen molar-refractivity contribution in [1.29, 1.82) is 0 Å². The number of alkyl halides is 3. The summed E-state index contributed by atoms with van der Waals surface area (Å²) in [5, 5.41) is 5.31. The fraction of sp³-hybridized carbons (Fsp3) is 0.292. The number of carbonyl (C=O) groups is 1. The minimum Gasteiger partial charge on any atom is -0.491 e. The third-order valence-corrected chi connectivity index (χ3v) is 6.63. The monoisotopic (exact) mass is 485 g/mol. The van der Waals surface area contributed by atoms with Crippen LogP contribution in [0.25, 0.3) is 21.8 Å². The van der Waals surface area contributed by atoms with E-state index in [0.29, 0.717) is 27.4 Å². The van der Waals surface area contributed by atoms with Crippen molar-refractivity contribution in [1.82, 2.24) is 19.7 Å². The predicted molar refractivity (Wildman–Crippen MR) is 119 cm³/mol. The van der Waals surface area contributed by atoms with Gasteiger partial charge in [0.15, 0.2) is 0 Å². The molecular weight excluding hydrogens is 466 g/mol. The Balaban J connectivity index is 1.44. The van der Waals surface area contributed by atoms with Crippen molar-refractivity contribution in [2.45, 2.75) is 31.1 Å². The number of aromatic nitrogens is 3. The lowest BCUT2D eigenvalue weighted by Crippen LogP contribution is -2.38. The van der Waals surface area contributed by atoms with Crippen LogP contribution in [0.4, 0.5) is 23.4 Å². The Morgan fingerprint density at radius 3 is 2.69 bits per heavy atom. The van der Waals surface area contributed by atoms with Gasteiger partial charge in [-0.2, -0.15) is 18.3 Å². The summed E-state index contributed by atoms with van der Waals surface area (Å²) in [5.41, 5.74) is 6.41. The van der Waals surface area contributed by atoms with Gasteiger partial charge in [0.2, 0.25) is 0 Å². The van der Waals surface area contributed by atoms with Crippen molar-refractivity contribution >= 4 is 33.5 Å². The fourth-order valence-electron chi connectivity index (χ4n) is 4.80. The molecule has 35 heavy (non-hydrogen) atoms. The molecule has 1 saturated carbocycles. The molecule has 1 atom stereocenters. The second kappa shape index (κ2) is 7.30. The first kappa shape index (κ1) is 21.6. The van der Waals surface area contributed by atoms with Gasteiger partial charge >= 0.3 is 6.18 Å². The van der Waals surface area contributed by atoms with Crippen LogP contribution in [0.2, 0.25) is 0 Å². The summed E-state index contributed by atoms with van der Waals surface area (Å²) in [4.78, 5) is 19.5. The molecule has 2 aromatic heterocycles. The van der Waals surface area contributed by atoms with Crippen LogP contribution in [0.1, 0.15) is 40.4 Å². The number of rotatable bonds is 3. The van der Waals surface area contributed by atoms with E-state index in [0.717, 1.165) is 25.0 Å². The van der Waals surface area contributed by atoms with Crippen LogP contribution < -0.4 is 10.5 Å². The minimum absolute atomic E-state index is 0.00184. The first-order chi connectivity index (χ1) is 16.6. The van der Waals surface area contributed by atoms with Crippen LogP contribution in [-0.2, 0) is 13.2 Å². The summed E-state index contributed by atoms with van der Waals surface area (Å²) in [7, 11) is 1.71. The Morgan fingerprint density at radius 2 is 1.97 bits per heavy atom. The van der Waals surface area contributed by atoms with Crippen molar-refractivity contribution in [3.63, 3.8) is 0 Å². The number of halogens is 4. The number of anilines is 1. The van der Waals surface area contributed by atoms with Gasteiger partial charge < -0.3 is 15.4 Å². The Morgan fingerprint density at radius 1 is 1.20 bits per heavy atom. The molecule has 0 spiro atoms. The van der Waals surface area contributed by atoms with Crippen LogP contribution in [-0.4, -0.2) is 38.2 Å². The number of nitrogens with two attached hydrogens (primary N) is 1. The highest BCUT2D eigenvalue weighted by Gasteiger charge is 2.43. The van der Waals surface area contributed by atoms with Crippen molar-refractivity contribution in [2.24, 2.45) is 7.05 Å². The molecule has 1 aliphatic heterocycles. The number of aryl methyl sites for hydroxylation is 1. The third-order valence-electron chi connectivity index (χ3n) is 6.63. The Bertz CT molecular complexity index is 1530. The lowest BCUT2D eigenvalue weighted by Gasteiger charge is -2.29. The van der Waals surface area contributed by atoms with Gasteiger partial charge in [-0.3, -0.25) is 9.48 Å². The average molecular weight is 485 g/mol. The number of ether oxygens (including phenoxy) is 1. The summed E-state index contributed by atoms with van der Waals surface area (Å²) in [6.45, 7) is -0.00184. The standard InChI is InChI=1S/C24H19F4N5O2/c1-32-21-15-7-14(17(25)8-18(15)31-22(29)16(21)9-30-32)23(34)33(12-3-4-12)19-10-35-20-6-11(24(26,27)28)2-5-13(19)20/h2,5-9,12,19H,3-4,10H2,1H3,(H2,29,31). The minimum atomic E-state index is -4.51. The highest BCUT2D eigenvalue weighted by Crippen LogP contribution is 2.44. The second-order valence-corrected chi connectivity index (χ2v) is 8.90. The lowest BCUT2D eigenvalue weighted by molar-refractivity contribution is -0.137. The van der Waals surface area contributed by atoms with Crippen molar-refractivity contribution in [3.05, 3.63) is 59.0 Å². The summed E-state index contributed by atoms with van der Waals surface area (Å²) in [6.07, 6.45) is -1.51. The van der Waals surface area contributed by atoms with Gasteiger partial charge in [0, 0.05) is 30.1 Å². The van der Waals surface area contributed by atoms with E-state index in [-0.39, 0.29) is 29.8 Å². The van der Waals surface area contributed by atoms with Crippen LogP contribution in [0, 0.1) is 5.82 Å². The molecule has 180 valence electrons. The van der Waals surface area contributed by atoms with E-state index in [9.17, 15) is 18.0 Å². The number of hydrogen-bond donors (Lipinski definition) is 1. The molecule has 1 unspecified atom stereocenters. The molecule has 0 bridgehead atoms. The molecule has 6 rings (SSSR count). The number of fused-ring (bicyclic) bond motifs is 4. The van der Waals surface area contributed by atoms with E-state index in [2.05, 4.69) is 10.1 Å². The number of carbonyl (C=O) groups excluding carboxylic acids is 1. The molecule has 0 radical (unpaired) electrons. The largest absolute Gasteiger partial charge is 0.491 e. The smallest absolute Gasteiger partial charge is 0.416 e. The number of nitrogen functional groups attached to an aromatic ring is 1. The number of nitrogens with zero attached hydrogens (tertiary/aromatic N) is 4. The van der Waals surface area contributed by atoms with Gasteiger partial charge in [-0.25, -0.2) is 9.37 Å². The molecule has 11 heteroatoms. The van der Waals surface area contributed by atoms with Crippen molar-refractivity contribution < 1.29 is 27.1 Å². The van der Waals surface area contributed by atoms with E-state index in [1.54, 1.807) is 17.9 Å². The first-order valence-corrected chi connectivity index (χ1v) is 11.0. The van der Waals surface area contributed by atoms with Gasteiger partial charge in [0.25, 0.3) is 5.91 Å². The Kier molecular flexibility index (Phi) is 4.51. The van der Waals surface area contributed by atoms with Gasteiger partial charge in [-0.15, -0.1) is 0 Å². The molecule has 3 heterocycles. The molecule has 1 fully saturated rings. The summed E-state index contributed by atoms with van der Waals surface area (Å²) >= 11 is 0. The number of pyridine rings is 1. The van der Waals surface area contributed by atoms with Gasteiger partial charge in [0.05, 0.1) is 39.8 Å². The van der Waals surface area contributed by atoms with Crippen LogP contribution in [0.15, 0.2) is 36.5 Å². The summed E-state index contributed by atoms with van der Waals surface area (Å²) < 4.78 is 61.8. The quantitative estimate of drug-likeness (QED) is 0.429. The first-order valence-electron chi connectivity index (χ1n) is 11.0. The predicted octanol–water partition coefficient (Wildman–Crippen LogP) is 4.60. The van der Waals surface area contributed by atoms with Crippen molar-refractivity contribution in [2.75, 3.05) is 12.3 Å². The highest BCUT2D eigenvalue weighted by atomic mass is 19.4. The highest BCUT2D eigenvalue weighted by molar-refractivity contribution is 6.10. The van der Waals surface area contributed by atoms with Crippen LogP contribution in [0.5, 0.6) is 5.75 Å². The van der Waals surface area contributed by atoms with E-state index in [4.69, 9.17) is 10.5 Å². The summed E-state index contributed by atoms with van der Waals surface area (Å²) in [6, 6.07) is 5.09. The van der Waals surface area contributed by atoms with E-state index in [1.807, 2.05) is 0 Å². The average Bonchev–Trinajstić information content (AvgIpc) is 3.43. The molecule has 2 aromatic carbocycles. The maximum absolute atomic E-state index is 15.2. The van der Waals surface area contributed by atoms with Gasteiger partial charge in [-0.1, -0.05) is 6.07 Å². The topological polar surface area (TPSA) is 86.3 Å². The fourth-order valence-corrected chi connectivity index (χ4v) is 4.80. The number of amides is 1. The van der Waals surface area contributed by atoms with Gasteiger partial charge in [0.1, 0.15) is 24.0 Å². The molecule has 4 aromatic rings. The number of benzene rings is 2. The van der Waals surface area contributed by atoms with Gasteiger partial charge in [-0.05, 0) is 31.0 Å². The Hall–Kier alpha value is -3.89. The SMILES string of the molecule is Cn1ncc2c(N)nc3cc(F)c(C(=O)N(C4CC4)C4COc5cc(C(F)(F)F)ccc54)cc3c21. The zero-order valence-electron chi connectivity index (χ0n) is 18.4. The summed E-state index contributed by atoms with van der Waals surface area (Å²) in [5.74, 6) is -1.02. The molecule has 0 saturated heterocycles. The van der Waals surface area contributed by atoms with Crippen LogP contribution >= 0.6 is 0 Å². The molecule has 1 amide bonds. The zero-order chi connectivity index (χ0) is 24.6. The van der Waals surface area contributed by atoms with E-state index >= 15 is 4.39 Å². The lowest BCUT2D eigenvalue weighted by atomic mass is 10.0. The molecule has 7 nitrogen and oxygen atoms in total. The second-order valence-electron chi connectivity index (χ2n) is 8.90. The number of hydrogen-bond acceptors (Lipinski definition) is 5. The van der Waals surface area contributed by atoms with E-state index < -0.39 is 29.5 Å². The van der Waals surface area contributed by atoms with Crippen LogP contribution in [0.3, 0.4) is 0 Å². The Labute approximate surface area is 196 Å². The van der Waals surface area contributed by atoms with Crippen molar-refractivity contribution in [3.8, 4) is 5.75 Å². The maximum atomic E-state index is 15.2. The molecule has 1 aliphatic carbocycles. The molecule has 2 aliphatic rings. The normalized spacial score (nSPS) is 17.6. The maximum Gasteiger partial charge on any atom is 0.416 e. The third kappa shape index (κ3) is 3.36. The molecule has 2 N–H and O–H groups in total. The van der Waals surface area contributed by atoms with E-state index in [1.165, 1.54) is 23.1 Å². The molecular formula is C24H19F4N5O2. The zero-order valence-corrected chi connectivity index (χ0v) is 18.4.